The fourth-order valence-corrected chi connectivity index (χ4v) is 4.36. The molecule has 0 saturated carbocycles. The van der Waals surface area contributed by atoms with E-state index in [4.69, 9.17) is 5.73 Å². The molecule has 1 unspecified atom stereocenters. The first-order valence-electron chi connectivity index (χ1n) is 6.44. The Labute approximate surface area is 122 Å². The van der Waals surface area contributed by atoms with Crippen molar-refractivity contribution in [1.29, 1.82) is 0 Å². The normalized spacial score (nSPS) is 19.7. The Kier molecular flexibility index (Phi) is 4.20. The van der Waals surface area contributed by atoms with Crippen LogP contribution in [0, 0.1) is 12.7 Å². The molecule has 21 heavy (non-hydrogen) atoms. The topological polar surface area (TPSA) is 89.7 Å². The molecule has 1 fully saturated rings. The first-order valence-corrected chi connectivity index (χ1v) is 7.88. The fourth-order valence-electron chi connectivity index (χ4n) is 2.47. The predicted molar refractivity (Wildman–Crippen MR) is 74.5 cm³/mol. The maximum absolute atomic E-state index is 13.4. The molecule has 0 aromatic heterocycles. The largest absolute Gasteiger partial charge is 0.468 e. The smallest absolute Gasteiger partial charge is 0.324 e. The number of hydrogen-bond acceptors (Lipinski definition) is 5. The van der Waals surface area contributed by atoms with E-state index in [2.05, 4.69) is 4.74 Å². The van der Waals surface area contributed by atoms with Crippen LogP contribution in [-0.2, 0) is 19.6 Å². The maximum atomic E-state index is 13.4. The number of carbonyl (C=O) groups is 1. The van der Waals surface area contributed by atoms with E-state index in [0.717, 1.165) is 16.4 Å². The molecule has 2 N–H and O–H groups in total. The second kappa shape index (κ2) is 5.61. The number of rotatable bonds is 3. The SMILES string of the molecule is COC(=O)C1CCCN1S(=O)(=O)c1cc(N)c(F)cc1C. The number of halogens is 1. The van der Waals surface area contributed by atoms with Crippen LogP contribution < -0.4 is 5.73 Å². The van der Waals surface area contributed by atoms with Crippen LogP contribution in [0.3, 0.4) is 0 Å². The standard InChI is InChI=1S/C13H17FN2O4S/c1-8-6-9(14)10(15)7-12(8)21(18,19)16-5-3-4-11(16)13(17)20-2/h6-7,11H,3-5,15H2,1-2H3. The molecule has 0 bridgehead atoms. The summed E-state index contributed by atoms with van der Waals surface area (Å²) in [5.74, 6) is -1.26. The van der Waals surface area contributed by atoms with E-state index in [9.17, 15) is 17.6 Å². The second-order valence-corrected chi connectivity index (χ2v) is 6.80. The third-order valence-electron chi connectivity index (χ3n) is 3.56. The Morgan fingerprint density at radius 1 is 1.48 bits per heavy atom. The number of nitrogens with two attached hydrogens (primary N) is 1. The third-order valence-corrected chi connectivity index (χ3v) is 5.61. The Morgan fingerprint density at radius 2 is 2.14 bits per heavy atom. The highest BCUT2D eigenvalue weighted by Gasteiger charge is 2.40. The van der Waals surface area contributed by atoms with Crippen molar-refractivity contribution < 1.29 is 22.3 Å². The minimum Gasteiger partial charge on any atom is -0.468 e. The summed E-state index contributed by atoms with van der Waals surface area (Å²) in [4.78, 5) is 11.6. The highest BCUT2D eigenvalue weighted by atomic mass is 32.2. The summed E-state index contributed by atoms with van der Waals surface area (Å²) in [6.07, 6.45) is 0.969. The van der Waals surface area contributed by atoms with Crippen molar-refractivity contribution >= 4 is 21.7 Å². The first-order chi connectivity index (χ1) is 9.78. The van der Waals surface area contributed by atoms with Crippen molar-refractivity contribution in [2.45, 2.75) is 30.7 Å². The number of anilines is 1. The van der Waals surface area contributed by atoms with Crippen molar-refractivity contribution in [3.8, 4) is 0 Å². The molecule has 0 spiro atoms. The average Bonchev–Trinajstić information content (AvgIpc) is 2.91. The van der Waals surface area contributed by atoms with Crippen LogP contribution in [-0.4, -0.2) is 38.4 Å². The van der Waals surface area contributed by atoms with Crippen molar-refractivity contribution in [2.75, 3.05) is 19.4 Å². The highest BCUT2D eigenvalue weighted by molar-refractivity contribution is 7.89. The summed E-state index contributed by atoms with van der Waals surface area (Å²) < 4.78 is 44.5. The van der Waals surface area contributed by atoms with Gasteiger partial charge in [-0.3, -0.25) is 4.79 Å². The molecule has 1 aliphatic heterocycles. The molecule has 6 nitrogen and oxygen atoms in total. The quantitative estimate of drug-likeness (QED) is 0.665. The number of ether oxygens (including phenoxy) is 1. The minimum atomic E-state index is -3.93. The zero-order valence-electron chi connectivity index (χ0n) is 11.8. The van der Waals surface area contributed by atoms with Crippen LogP contribution in [0.25, 0.3) is 0 Å². The number of benzene rings is 1. The fraction of sp³-hybridized carbons (Fsp3) is 0.462. The zero-order valence-corrected chi connectivity index (χ0v) is 12.6. The molecule has 1 aromatic carbocycles. The van der Waals surface area contributed by atoms with Gasteiger partial charge in [0.2, 0.25) is 10.0 Å². The second-order valence-electron chi connectivity index (χ2n) is 4.94. The van der Waals surface area contributed by atoms with Crippen LogP contribution in [0.4, 0.5) is 10.1 Å². The van der Waals surface area contributed by atoms with Crippen LogP contribution >= 0.6 is 0 Å². The van der Waals surface area contributed by atoms with Gasteiger partial charge < -0.3 is 10.5 Å². The summed E-state index contributed by atoms with van der Waals surface area (Å²) >= 11 is 0. The van der Waals surface area contributed by atoms with Gasteiger partial charge >= 0.3 is 5.97 Å². The van der Waals surface area contributed by atoms with Gasteiger partial charge in [-0.1, -0.05) is 0 Å². The van der Waals surface area contributed by atoms with Gasteiger partial charge in [-0.15, -0.1) is 0 Å². The Hall–Kier alpha value is -1.67. The van der Waals surface area contributed by atoms with E-state index < -0.39 is 27.9 Å². The molecule has 8 heteroatoms. The number of carbonyl (C=O) groups excluding carboxylic acids is 1. The molecule has 0 amide bonds. The van der Waals surface area contributed by atoms with Gasteiger partial charge in [-0.05, 0) is 37.5 Å². The van der Waals surface area contributed by atoms with Gasteiger partial charge in [0.1, 0.15) is 11.9 Å². The van der Waals surface area contributed by atoms with Crippen LogP contribution in [0.5, 0.6) is 0 Å². The predicted octanol–water partition coefficient (Wildman–Crippen LogP) is 1.04. The molecule has 1 aromatic rings. The highest BCUT2D eigenvalue weighted by Crippen LogP contribution is 2.30. The monoisotopic (exact) mass is 316 g/mol. The molecule has 0 radical (unpaired) electrons. The van der Waals surface area contributed by atoms with Gasteiger partial charge in [-0.25, -0.2) is 12.8 Å². The van der Waals surface area contributed by atoms with Gasteiger partial charge in [0.05, 0.1) is 17.7 Å². The maximum Gasteiger partial charge on any atom is 0.324 e. The van der Waals surface area contributed by atoms with E-state index in [1.54, 1.807) is 0 Å². The third kappa shape index (κ3) is 2.73. The Balaban J connectivity index is 2.47. The van der Waals surface area contributed by atoms with Crippen molar-refractivity contribution in [1.82, 2.24) is 4.31 Å². The zero-order chi connectivity index (χ0) is 15.8. The minimum absolute atomic E-state index is 0.0859. The molecular weight excluding hydrogens is 299 g/mol. The molecule has 1 heterocycles. The van der Waals surface area contributed by atoms with E-state index >= 15 is 0 Å². The van der Waals surface area contributed by atoms with Crippen LogP contribution in [0.1, 0.15) is 18.4 Å². The lowest BCUT2D eigenvalue weighted by Crippen LogP contribution is -2.41. The molecular formula is C13H17FN2O4S. The van der Waals surface area contributed by atoms with Crippen LogP contribution in [0.15, 0.2) is 17.0 Å². The summed E-state index contributed by atoms with van der Waals surface area (Å²) in [5, 5.41) is 0. The van der Waals surface area contributed by atoms with E-state index in [1.165, 1.54) is 14.0 Å². The lowest BCUT2D eigenvalue weighted by atomic mass is 10.2. The number of nitrogens with zero attached hydrogens (tertiary/aromatic N) is 1. The number of aryl methyl sites for hydroxylation is 1. The Morgan fingerprint density at radius 3 is 2.76 bits per heavy atom. The van der Waals surface area contributed by atoms with Gasteiger partial charge in [0.25, 0.3) is 0 Å². The van der Waals surface area contributed by atoms with Gasteiger partial charge in [0, 0.05) is 6.54 Å². The van der Waals surface area contributed by atoms with E-state index in [1.807, 2.05) is 0 Å². The summed E-state index contributed by atoms with van der Waals surface area (Å²) in [6.45, 7) is 1.71. The van der Waals surface area contributed by atoms with Crippen molar-refractivity contribution in [2.24, 2.45) is 0 Å². The van der Waals surface area contributed by atoms with E-state index in [0.29, 0.717) is 12.8 Å². The summed E-state index contributed by atoms with van der Waals surface area (Å²) in [6, 6.07) is 1.32. The number of methoxy groups -OCH3 is 1. The summed E-state index contributed by atoms with van der Waals surface area (Å²) in [7, 11) is -2.71. The average molecular weight is 316 g/mol. The molecule has 1 aliphatic rings. The lowest BCUT2D eigenvalue weighted by Gasteiger charge is -2.23. The first kappa shape index (κ1) is 15.7. The lowest BCUT2D eigenvalue weighted by molar-refractivity contribution is -0.144. The van der Waals surface area contributed by atoms with Crippen molar-refractivity contribution in [3.63, 3.8) is 0 Å². The number of hydrogen-bond donors (Lipinski definition) is 1. The molecule has 1 saturated heterocycles. The van der Waals surface area contributed by atoms with Crippen molar-refractivity contribution in [3.05, 3.63) is 23.5 Å². The number of sulfonamides is 1. The number of esters is 1. The van der Waals surface area contributed by atoms with Gasteiger partial charge in [0.15, 0.2) is 0 Å². The summed E-state index contributed by atoms with van der Waals surface area (Å²) in [5.41, 5.74) is 5.46. The molecule has 2 rings (SSSR count). The molecule has 0 aliphatic carbocycles. The number of nitrogen functional groups attached to an aromatic ring is 1. The van der Waals surface area contributed by atoms with Crippen LogP contribution in [0.2, 0.25) is 0 Å². The molecule has 116 valence electrons. The Bertz CT molecular complexity index is 675. The molecule has 1 atom stereocenters. The van der Waals surface area contributed by atoms with Gasteiger partial charge in [-0.2, -0.15) is 4.31 Å². The van der Waals surface area contributed by atoms with E-state index in [-0.39, 0.29) is 22.7 Å².